The van der Waals surface area contributed by atoms with E-state index in [-0.39, 0.29) is 35.7 Å². The maximum atomic E-state index is 13.4. The first-order valence-electron chi connectivity index (χ1n) is 16.4. The Morgan fingerprint density at radius 2 is 1.61 bits per heavy atom. The molecule has 44 heavy (non-hydrogen) atoms. The summed E-state index contributed by atoms with van der Waals surface area (Å²) in [5.41, 5.74) is 1.80. The summed E-state index contributed by atoms with van der Waals surface area (Å²) in [4.78, 5) is 55.4. The molecule has 3 aliphatic rings. The van der Waals surface area contributed by atoms with Gasteiger partial charge in [-0.2, -0.15) is 0 Å². The molecular formula is C34H51N5O5. The highest BCUT2D eigenvalue weighted by Crippen LogP contribution is 2.37. The van der Waals surface area contributed by atoms with Crippen LogP contribution in [0.15, 0.2) is 23.0 Å². The van der Waals surface area contributed by atoms with Crippen LogP contribution in [0, 0.1) is 5.92 Å². The lowest BCUT2D eigenvalue weighted by Gasteiger charge is -2.45. The molecule has 2 saturated heterocycles. The Morgan fingerprint density at radius 3 is 2.20 bits per heavy atom. The normalized spacial score (nSPS) is 24.4. The molecule has 3 fully saturated rings. The van der Waals surface area contributed by atoms with Gasteiger partial charge in [-0.15, -0.1) is 0 Å². The lowest BCUT2D eigenvalue weighted by molar-refractivity contribution is -0.135. The van der Waals surface area contributed by atoms with Crippen molar-refractivity contribution in [1.82, 2.24) is 24.3 Å². The standard InChI is InChI=1S/C34H51N5O5/c1-33(2,3)39(32(43)44-34(4,5)6)24-13-11-22(12-14-24)21-37-19-17-23(18-20-37)25-9-8-10-26-29(25)36(7)31(42)38(26)27-15-16-28(40)35-30(27)41/h8-10,22-24,27H,11-21H2,1-7H3,(H,35,40,41). The molecule has 0 bridgehead atoms. The van der Waals surface area contributed by atoms with Crippen molar-refractivity contribution < 1.29 is 19.1 Å². The van der Waals surface area contributed by atoms with Gasteiger partial charge in [0.15, 0.2) is 0 Å². The third-order valence-electron chi connectivity index (χ3n) is 9.69. The SMILES string of the molecule is Cn1c(=O)n(C2CCC(=O)NC2=O)c2cccc(C3CCN(CC4CCC(N(C(=O)OC(C)(C)C)C(C)(C)C)CC4)CC3)c21. The van der Waals surface area contributed by atoms with Crippen LogP contribution in [0.4, 0.5) is 4.79 Å². The molecule has 2 aromatic rings. The number of likely N-dealkylation sites (tertiary alicyclic amines) is 1. The molecule has 1 aliphatic carbocycles. The van der Waals surface area contributed by atoms with Crippen LogP contribution in [0.1, 0.15) is 110 Å². The average molecular weight is 610 g/mol. The van der Waals surface area contributed by atoms with Crippen molar-refractivity contribution in [3.8, 4) is 0 Å². The molecule has 3 heterocycles. The van der Waals surface area contributed by atoms with Gasteiger partial charge in [-0.25, -0.2) is 9.59 Å². The fourth-order valence-corrected chi connectivity index (χ4v) is 7.69. The summed E-state index contributed by atoms with van der Waals surface area (Å²) in [6.07, 6.45) is 6.60. The number of piperidine rings is 2. The molecule has 1 aromatic heterocycles. The smallest absolute Gasteiger partial charge is 0.410 e. The molecule has 10 heteroatoms. The highest BCUT2D eigenvalue weighted by Gasteiger charge is 2.39. The summed E-state index contributed by atoms with van der Waals surface area (Å²) in [7, 11) is 1.78. The van der Waals surface area contributed by atoms with Gasteiger partial charge >= 0.3 is 11.8 Å². The second kappa shape index (κ2) is 12.3. The zero-order chi connectivity index (χ0) is 32.0. The number of carbonyl (C=O) groups excluding carboxylic acids is 3. The number of ether oxygens (including phenoxy) is 1. The lowest BCUT2D eigenvalue weighted by Crippen LogP contribution is -2.54. The fourth-order valence-electron chi connectivity index (χ4n) is 7.69. The monoisotopic (exact) mass is 609 g/mol. The number of hydrogen-bond acceptors (Lipinski definition) is 6. The molecule has 1 aromatic carbocycles. The number of aromatic nitrogens is 2. The van der Waals surface area contributed by atoms with Gasteiger partial charge in [-0.1, -0.05) is 12.1 Å². The van der Waals surface area contributed by atoms with E-state index < -0.39 is 17.6 Å². The van der Waals surface area contributed by atoms with E-state index in [1.54, 1.807) is 16.2 Å². The van der Waals surface area contributed by atoms with Gasteiger partial charge in [0.25, 0.3) is 0 Å². The number of fused-ring (bicyclic) bond motifs is 1. The quantitative estimate of drug-likeness (QED) is 0.474. The molecule has 2 aliphatic heterocycles. The van der Waals surface area contributed by atoms with E-state index in [2.05, 4.69) is 37.1 Å². The van der Waals surface area contributed by atoms with E-state index in [4.69, 9.17) is 4.74 Å². The van der Waals surface area contributed by atoms with Crippen molar-refractivity contribution in [3.05, 3.63) is 34.2 Å². The number of aryl methyl sites for hydroxylation is 1. The number of para-hydroxylation sites is 1. The first-order chi connectivity index (χ1) is 20.6. The van der Waals surface area contributed by atoms with Crippen LogP contribution in [0.25, 0.3) is 11.0 Å². The topological polar surface area (TPSA) is 106 Å². The predicted molar refractivity (Wildman–Crippen MR) is 171 cm³/mol. The molecule has 242 valence electrons. The van der Waals surface area contributed by atoms with Crippen molar-refractivity contribution in [2.75, 3.05) is 19.6 Å². The maximum absolute atomic E-state index is 13.4. The van der Waals surface area contributed by atoms with Gasteiger partial charge < -0.3 is 14.5 Å². The van der Waals surface area contributed by atoms with Crippen molar-refractivity contribution in [3.63, 3.8) is 0 Å². The van der Waals surface area contributed by atoms with Gasteiger partial charge in [0.1, 0.15) is 11.6 Å². The molecule has 0 spiro atoms. The van der Waals surface area contributed by atoms with Crippen LogP contribution in [-0.4, -0.2) is 73.7 Å². The Bertz CT molecular complexity index is 1450. The molecule has 0 radical (unpaired) electrons. The first-order valence-corrected chi connectivity index (χ1v) is 16.4. The van der Waals surface area contributed by atoms with Crippen LogP contribution in [0.3, 0.4) is 0 Å². The highest BCUT2D eigenvalue weighted by molar-refractivity contribution is 6.00. The molecule has 5 rings (SSSR count). The van der Waals surface area contributed by atoms with Gasteiger partial charge in [-0.3, -0.25) is 24.0 Å². The highest BCUT2D eigenvalue weighted by atomic mass is 16.6. The number of amides is 3. The van der Waals surface area contributed by atoms with E-state index in [1.807, 2.05) is 37.8 Å². The molecule has 1 atom stereocenters. The summed E-state index contributed by atoms with van der Waals surface area (Å²) in [6.45, 7) is 15.1. The summed E-state index contributed by atoms with van der Waals surface area (Å²) >= 11 is 0. The minimum atomic E-state index is -0.671. The largest absolute Gasteiger partial charge is 0.444 e. The van der Waals surface area contributed by atoms with Crippen LogP contribution in [0.5, 0.6) is 0 Å². The van der Waals surface area contributed by atoms with E-state index >= 15 is 0 Å². The maximum Gasteiger partial charge on any atom is 0.410 e. The summed E-state index contributed by atoms with van der Waals surface area (Å²) in [5.74, 6) is 0.269. The Kier molecular flexibility index (Phi) is 9.04. The minimum Gasteiger partial charge on any atom is -0.444 e. The van der Waals surface area contributed by atoms with Gasteiger partial charge in [0, 0.05) is 31.6 Å². The Labute approximate surface area is 261 Å². The van der Waals surface area contributed by atoms with Crippen molar-refractivity contribution in [1.29, 1.82) is 0 Å². The number of nitrogens with one attached hydrogen (secondary N) is 1. The molecule has 3 amide bonds. The Hall–Kier alpha value is -3.14. The second-order valence-corrected chi connectivity index (χ2v) is 15.2. The number of rotatable bonds is 5. The third kappa shape index (κ3) is 6.75. The van der Waals surface area contributed by atoms with Crippen LogP contribution in [-0.2, 0) is 21.4 Å². The van der Waals surface area contributed by atoms with E-state index in [0.717, 1.165) is 74.8 Å². The molecule has 1 saturated carbocycles. The second-order valence-electron chi connectivity index (χ2n) is 15.2. The Morgan fingerprint density at radius 1 is 0.955 bits per heavy atom. The number of benzene rings is 1. The number of nitrogens with zero attached hydrogens (tertiary/aromatic N) is 4. The van der Waals surface area contributed by atoms with Gasteiger partial charge in [0.2, 0.25) is 11.8 Å². The van der Waals surface area contributed by atoms with Crippen LogP contribution >= 0.6 is 0 Å². The van der Waals surface area contributed by atoms with Gasteiger partial charge in [0.05, 0.1) is 11.0 Å². The van der Waals surface area contributed by atoms with E-state index in [0.29, 0.717) is 18.3 Å². The fraction of sp³-hybridized carbons (Fsp3) is 0.706. The van der Waals surface area contributed by atoms with Crippen LogP contribution < -0.4 is 11.0 Å². The average Bonchev–Trinajstić information content (AvgIpc) is 3.18. The van der Waals surface area contributed by atoms with E-state index in [9.17, 15) is 19.2 Å². The number of hydrogen-bond donors (Lipinski definition) is 1. The zero-order valence-electron chi connectivity index (χ0n) is 27.6. The number of carbonyl (C=O) groups is 3. The summed E-state index contributed by atoms with van der Waals surface area (Å²) in [5, 5.41) is 2.40. The third-order valence-corrected chi connectivity index (χ3v) is 9.69. The number of imide groups is 1. The number of imidazole rings is 1. The Balaban J connectivity index is 1.20. The molecular weight excluding hydrogens is 558 g/mol. The lowest BCUT2D eigenvalue weighted by atomic mass is 9.82. The van der Waals surface area contributed by atoms with E-state index in [1.165, 1.54) is 0 Å². The van der Waals surface area contributed by atoms with Crippen molar-refractivity contribution in [2.24, 2.45) is 13.0 Å². The molecule has 10 nitrogen and oxygen atoms in total. The zero-order valence-corrected chi connectivity index (χ0v) is 27.6. The minimum absolute atomic E-state index is 0.200. The summed E-state index contributed by atoms with van der Waals surface area (Å²) in [6, 6.07) is 5.56. The predicted octanol–water partition coefficient (Wildman–Crippen LogP) is 5.09. The van der Waals surface area contributed by atoms with Crippen molar-refractivity contribution >= 4 is 28.9 Å². The van der Waals surface area contributed by atoms with Crippen molar-refractivity contribution in [2.45, 2.75) is 122 Å². The van der Waals surface area contributed by atoms with Crippen LogP contribution in [0.2, 0.25) is 0 Å². The molecule has 1 N–H and O–H groups in total. The first kappa shape index (κ1) is 32.3. The van der Waals surface area contributed by atoms with Gasteiger partial charge in [-0.05, 0) is 123 Å². The summed E-state index contributed by atoms with van der Waals surface area (Å²) < 4.78 is 9.04. The molecule has 1 unspecified atom stereocenters.